The Morgan fingerprint density at radius 3 is 2.58 bits per heavy atom. The van der Waals surface area contributed by atoms with Gasteiger partial charge in [0.05, 0.1) is 12.3 Å². The van der Waals surface area contributed by atoms with Crippen molar-refractivity contribution in [3.8, 4) is 0 Å². The van der Waals surface area contributed by atoms with E-state index in [0.29, 0.717) is 5.84 Å². The molecule has 1 aliphatic heterocycles. The molecule has 24 heavy (non-hydrogen) atoms. The number of carbonyl (C=O) groups excluding carboxylic acids is 2. The summed E-state index contributed by atoms with van der Waals surface area (Å²) in [7, 11) is 0. The maximum Gasteiger partial charge on any atom is 0.415 e. The summed E-state index contributed by atoms with van der Waals surface area (Å²) in [6.07, 6.45) is -0.799. The van der Waals surface area contributed by atoms with Crippen molar-refractivity contribution in [2.45, 2.75) is 16.7 Å². The smallest absolute Gasteiger partial charge is 0.415 e. The zero-order valence-corrected chi connectivity index (χ0v) is 13.7. The number of urea groups is 1. The number of rotatable bonds is 1. The molecule has 2 N–H and O–H groups in total. The lowest BCUT2D eigenvalue weighted by molar-refractivity contribution is 0.153. The minimum atomic E-state index is -0.799. The maximum atomic E-state index is 12.0. The van der Waals surface area contributed by atoms with Crippen molar-refractivity contribution in [2.24, 2.45) is 4.99 Å². The molecule has 0 fully saturated rings. The fourth-order valence-electron chi connectivity index (χ4n) is 2.18. The number of aliphatic imine (C=N–C) groups is 1. The van der Waals surface area contributed by atoms with Gasteiger partial charge in [0.1, 0.15) is 5.84 Å². The zero-order chi connectivity index (χ0) is 16.9. The third-order valence-corrected chi connectivity index (χ3v) is 4.32. The Hall–Kier alpha value is -2.80. The Kier molecular flexibility index (Phi) is 4.81. The molecule has 0 saturated heterocycles. The van der Waals surface area contributed by atoms with Crippen molar-refractivity contribution in [2.75, 3.05) is 6.61 Å². The number of ether oxygens (including phenoxy) is 1. The van der Waals surface area contributed by atoms with E-state index in [9.17, 15) is 9.59 Å². The highest BCUT2D eigenvalue weighted by Crippen LogP contribution is 2.39. The van der Waals surface area contributed by atoms with Crippen molar-refractivity contribution in [1.82, 2.24) is 10.6 Å². The molecule has 0 saturated carbocycles. The van der Waals surface area contributed by atoms with Crippen LogP contribution in [0.25, 0.3) is 0 Å². The molecule has 1 heterocycles. The molecule has 7 heteroatoms. The molecule has 0 unspecified atom stereocenters. The van der Waals surface area contributed by atoms with E-state index in [4.69, 9.17) is 4.74 Å². The quantitative estimate of drug-likeness (QED) is 0.829. The normalized spacial score (nSPS) is 12.1. The van der Waals surface area contributed by atoms with E-state index in [1.807, 2.05) is 48.5 Å². The average Bonchev–Trinajstić information content (AvgIpc) is 2.71. The number of nitrogens with one attached hydrogen (secondary N) is 2. The Labute approximate surface area is 143 Å². The van der Waals surface area contributed by atoms with E-state index in [1.165, 1.54) is 0 Å². The second-order valence-electron chi connectivity index (χ2n) is 4.83. The number of hydrogen-bond donors (Lipinski definition) is 2. The van der Waals surface area contributed by atoms with Gasteiger partial charge in [-0.1, -0.05) is 42.1 Å². The van der Waals surface area contributed by atoms with Gasteiger partial charge in [-0.25, -0.2) is 19.9 Å². The number of imide groups is 1. The molecule has 0 aromatic heterocycles. The van der Waals surface area contributed by atoms with E-state index in [0.717, 1.165) is 21.0 Å². The largest absolute Gasteiger partial charge is 0.450 e. The zero-order valence-electron chi connectivity index (χ0n) is 12.9. The molecule has 0 atom stereocenters. The third kappa shape index (κ3) is 3.57. The van der Waals surface area contributed by atoms with Gasteiger partial charge in [0.15, 0.2) is 0 Å². The first-order chi connectivity index (χ1) is 11.7. The number of amidine groups is 1. The van der Waals surface area contributed by atoms with Crippen LogP contribution in [0.3, 0.4) is 0 Å². The predicted molar refractivity (Wildman–Crippen MR) is 91.9 cm³/mol. The van der Waals surface area contributed by atoms with Crippen LogP contribution < -0.4 is 10.6 Å². The SMILES string of the molecule is CCOC(=O)NC(=O)NC1=Nc2ccccc2Sc2ccccc21. The molecular formula is C17H15N3O3S. The molecule has 1 aliphatic rings. The highest BCUT2D eigenvalue weighted by molar-refractivity contribution is 7.99. The summed E-state index contributed by atoms with van der Waals surface area (Å²) in [6, 6.07) is 14.6. The van der Waals surface area contributed by atoms with Gasteiger partial charge in [0.25, 0.3) is 0 Å². The Balaban J connectivity index is 1.91. The van der Waals surface area contributed by atoms with Crippen LogP contribution in [0.1, 0.15) is 12.5 Å². The second kappa shape index (κ2) is 7.18. The van der Waals surface area contributed by atoms with Crippen LogP contribution in [-0.2, 0) is 4.74 Å². The minimum absolute atomic E-state index is 0.187. The highest BCUT2D eigenvalue weighted by Gasteiger charge is 2.19. The van der Waals surface area contributed by atoms with Crippen LogP contribution >= 0.6 is 11.8 Å². The van der Waals surface area contributed by atoms with Gasteiger partial charge in [-0.2, -0.15) is 0 Å². The lowest BCUT2D eigenvalue weighted by Gasteiger charge is -2.10. The van der Waals surface area contributed by atoms with E-state index in [1.54, 1.807) is 18.7 Å². The van der Waals surface area contributed by atoms with Gasteiger partial charge >= 0.3 is 12.1 Å². The topological polar surface area (TPSA) is 79.8 Å². The number of hydrogen-bond acceptors (Lipinski definition) is 5. The van der Waals surface area contributed by atoms with Crippen LogP contribution in [0.4, 0.5) is 15.3 Å². The van der Waals surface area contributed by atoms with Crippen molar-refractivity contribution < 1.29 is 14.3 Å². The lowest BCUT2D eigenvalue weighted by Crippen LogP contribution is -2.43. The van der Waals surface area contributed by atoms with Crippen LogP contribution in [0.2, 0.25) is 0 Å². The van der Waals surface area contributed by atoms with E-state index >= 15 is 0 Å². The first kappa shape index (κ1) is 16.1. The van der Waals surface area contributed by atoms with Gasteiger partial charge in [0.2, 0.25) is 0 Å². The number of benzene rings is 2. The summed E-state index contributed by atoms with van der Waals surface area (Å²) in [5.41, 5.74) is 1.54. The molecule has 6 nitrogen and oxygen atoms in total. The molecule has 3 rings (SSSR count). The predicted octanol–water partition coefficient (Wildman–Crippen LogP) is 3.69. The summed E-state index contributed by atoms with van der Waals surface area (Å²) in [5.74, 6) is 0.379. The number of nitrogens with zero attached hydrogens (tertiary/aromatic N) is 1. The molecule has 122 valence electrons. The van der Waals surface area contributed by atoms with Crippen LogP contribution in [0, 0.1) is 0 Å². The molecule has 3 amide bonds. The number of alkyl carbamates (subject to hydrolysis) is 1. The van der Waals surface area contributed by atoms with Gasteiger partial charge in [-0.05, 0) is 25.1 Å². The highest BCUT2D eigenvalue weighted by atomic mass is 32.2. The van der Waals surface area contributed by atoms with Crippen LogP contribution in [-0.4, -0.2) is 24.6 Å². The molecule has 2 aromatic carbocycles. The van der Waals surface area contributed by atoms with Crippen molar-refractivity contribution in [3.05, 3.63) is 54.1 Å². The number of para-hydroxylation sites is 1. The number of carbonyl (C=O) groups is 2. The third-order valence-electron chi connectivity index (χ3n) is 3.18. The molecular weight excluding hydrogens is 326 g/mol. The lowest BCUT2D eigenvalue weighted by atomic mass is 10.2. The van der Waals surface area contributed by atoms with E-state index in [2.05, 4.69) is 15.6 Å². The average molecular weight is 341 g/mol. The van der Waals surface area contributed by atoms with Crippen LogP contribution in [0.15, 0.2) is 63.3 Å². The van der Waals surface area contributed by atoms with Crippen LogP contribution in [0.5, 0.6) is 0 Å². The minimum Gasteiger partial charge on any atom is -0.450 e. The molecule has 0 bridgehead atoms. The molecule has 0 spiro atoms. The van der Waals surface area contributed by atoms with Gasteiger partial charge < -0.3 is 4.74 Å². The summed E-state index contributed by atoms with van der Waals surface area (Å²) in [4.78, 5) is 29.9. The van der Waals surface area contributed by atoms with Crippen molar-refractivity contribution in [3.63, 3.8) is 0 Å². The van der Waals surface area contributed by atoms with E-state index < -0.39 is 12.1 Å². The Morgan fingerprint density at radius 2 is 1.79 bits per heavy atom. The van der Waals surface area contributed by atoms with Gasteiger partial charge in [0, 0.05) is 15.4 Å². The summed E-state index contributed by atoms with van der Waals surface area (Å²) in [5, 5.41) is 4.74. The standard InChI is InChI=1S/C17H15N3O3S/c1-2-23-17(22)20-16(21)19-15-11-7-3-5-9-13(11)24-14-10-6-4-8-12(14)18-15/h3-10H,2H2,1H3,(H2,18,19,20,21,22). The number of amides is 3. The Bertz CT molecular complexity index is 820. The molecule has 0 radical (unpaired) electrons. The summed E-state index contributed by atoms with van der Waals surface area (Å²) < 4.78 is 4.70. The Morgan fingerprint density at radius 1 is 1.08 bits per heavy atom. The molecule has 2 aromatic rings. The van der Waals surface area contributed by atoms with Gasteiger partial charge in [-0.3, -0.25) is 5.32 Å². The van der Waals surface area contributed by atoms with Gasteiger partial charge in [-0.15, -0.1) is 0 Å². The monoisotopic (exact) mass is 341 g/mol. The second-order valence-corrected chi connectivity index (χ2v) is 5.91. The molecule has 0 aliphatic carbocycles. The van der Waals surface area contributed by atoms with Crippen molar-refractivity contribution >= 4 is 35.4 Å². The van der Waals surface area contributed by atoms with Crippen molar-refractivity contribution in [1.29, 1.82) is 0 Å². The summed E-state index contributed by atoms with van der Waals surface area (Å²) >= 11 is 1.58. The first-order valence-electron chi connectivity index (χ1n) is 7.37. The number of fused-ring (bicyclic) bond motifs is 2. The maximum absolute atomic E-state index is 12.0. The summed E-state index contributed by atoms with van der Waals surface area (Å²) in [6.45, 7) is 1.85. The van der Waals surface area contributed by atoms with E-state index in [-0.39, 0.29) is 6.61 Å². The fraction of sp³-hybridized carbons (Fsp3) is 0.118. The fourth-order valence-corrected chi connectivity index (χ4v) is 3.20. The first-order valence-corrected chi connectivity index (χ1v) is 8.18.